The van der Waals surface area contributed by atoms with Gasteiger partial charge in [-0.05, 0) is 7.05 Å². The lowest BCUT2D eigenvalue weighted by atomic mass is 10.3. The summed E-state index contributed by atoms with van der Waals surface area (Å²) in [5.74, 6) is -7.57. The maximum Gasteiger partial charge on any atom is 0.463 e. The van der Waals surface area contributed by atoms with E-state index in [4.69, 9.17) is 0 Å². The van der Waals surface area contributed by atoms with Crippen LogP contribution in [0.25, 0.3) is 0 Å². The quantitative estimate of drug-likeness (QED) is 0.732. The van der Waals surface area contributed by atoms with E-state index in [1.54, 1.807) is 0 Å². The number of carbonyl (C=O) groups excluding carboxylic acids is 1. The van der Waals surface area contributed by atoms with Gasteiger partial charge < -0.3 is 10.2 Å². The van der Waals surface area contributed by atoms with Crippen LogP contribution in [0.4, 0.5) is 22.0 Å². The Kier molecular flexibility index (Phi) is 4.44. The van der Waals surface area contributed by atoms with Gasteiger partial charge in [-0.25, -0.2) is 0 Å². The van der Waals surface area contributed by atoms with Crippen LogP contribution in [0, 0.1) is 0 Å². The van der Waals surface area contributed by atoms with Crippen molar-refractivity contribution in [1.82, 2.24) is 10.2 Å². The standard InChI is InChI=1S/C7H11F5N2O/c1-13-3-4-14(2)5(15)6(8,9)7(10,11)12/h13H,3-4H2,1-2H3. The molecule has 0 radical (unpaired) electrons. The van der Waals surface area contributed by atoms with Crippen LogP contribution in [-0.4, -0.2) is 50.1 Å². The van der Waals surface area contributed by atoms with E-state index in [0.717, 1.165) is 7.05 Å². The summed E-state index contributed by atoms with van der Waals surface area (Å²) in [6.07, 6.45) is -5.85. The second kappa shape index (κ2) is 4.73. The molecule has 90 valence electrons. The first-order valence-electron chi connectivity index (χ1n) is 3.99. The van der Waals surface area contributed by atoms with Crippen LogP contribution in [-0.2, 0) is 4.79 Å². The zero-order valence-electron chi connectivity index (χ0n) is 8.16. The summed E-state index contributed by atoms with van der Waals surface area (Å²) in [5.41, 5.74) is 0. The van der Waals surface area contributed by atoms with Gasteiger partial charge in [0.1, 0.15) is 0 Å². The predicted molar refractivity (Wildman–Crippen MR) is 42.6 cm³/mol. The number of nitrogens with zero attached hydrogens (tertiary/aromatic N) is 1. The number of likely N-dealkylation sites (N-methyl/N-ethyl adjacent to an activating group) is 2. The molecule has 0 aromatic rings. The van der Waals surface area contributed by atoms with Crippen LogP contribution in [0.2, 0.25) is 0 Å². The van der Waals surface area contributed by atoms with Crippen molar-refractivity contribution in [2.45, 2.75) is 12.1 Å². The second-order valence-electron chi connectivity index (χ2n) is 2.90. The molecule has 0 aliphatic carbocycles. The second-order valence-corrected chi connectivity index (χ2v) is 2.90. The maximum absolute atomic E-state index is 12.5. The maximum atomic E-state index is 12.5. The molecule has 0 saturated carbocycles. The summed E-state index contributed by atoms with van der Waals surface area (Å²) in [5, 5.41) is 2.52. The summed E-state index contributed by atoms with van der Waals surface area (Å²) in [6, 6.07) is 0. The van der Waals surface area contributed by atoms with Crippen LogP contribution < -0.4 is 5.32 Å². The zero-order chi connectivity index (χ0) is 12.3. The van der Waals surface area contributed by atoms with Gasteiger partial charge in [-0.1, -0.05) is 0 Å². The Balaban J connectivity index is 4.56. The number of carbonyl (C=O) groups is 1. The Morgan fingerprint density at radius 2 is 1.73 bits per heavy atom. The molecule has 0 aliphatic heterocycles. The largest absolute Gasteiger partial charge is 0.463 e. The number of amides is 1. The van der Waals surface area contributed by atoms with Crippen molar-refractivity contribution >= 4 is 5.91 Å². The number of rotatable bonds is 4. The predicted octanol–water partition coefficient (Wildman–Crippen LogP) is 0.862. The third-order valence-electron chi connectivity index (χ3n) is 1.67. The van der Waals surface area contributed by atoms with Gasteiger partial charge in [-0.15, -0.1) is 0 Å². The lowest BCUT2D eigenvalue weighted by Gasteiger charge is -2.24. The molecular weight excluding hydrogens is 223 g/mol. The molecular formula is C7H11F5N2O. The van der Waals surface area contributed by atoms with E-state index in [2.05, 4.69) is 5.32 Å². The highest BCUT2D eigenvalue weighted by atomic mass is 19.4. The number of nitrogens with one attached hydrogen (secondary N) is 1. The number of alkyl halides is 5. The molecule has 1 N–H and O–H groups in total. The molecule has 0 rings (SSSR count). The van der Waals surface area contributed by atoms with Crippen molar-refractivity contribution in [3.8, 4) is 0 Å². The van der Waals surface area contributed by atoms with Gasteiger partial charge >= 0.3 is 18.0 Å². The fourth-order valence-electron chi connectivity index (χ4n) is 0.742. The third kappa shape index (κ3) is 3.29. The minimum Gasteiger partial charge on any atom is -0.339 e. The Hall–Kier alpha value is -0.920. The zero-order valence-corrected chi connectivity index (χ0v) is 8.16. The normalized spacial score (nSPS) is 12.7. The Labute approximate surface area is 83.2 Å². The van der Waals surface area contributed by atoms with E-state index in [1.165, 1.54) is 7.05 Å². The monoisotopic (exact) mass is 234 g/mol. The summed E-state index contributed by atoms with van der Waals surface area (Å²) in [7, 11) is 2.37. The van der Waals surface area contributed by atoms with Crippen molar-refractivity contribution < 1.29 is 26.7 Å². The van der Waals surface area contributed by atoms with Crippen LogP contribution >= 0.6 is 0 Å². The highest BCUT2D eigenvalue weighted by Gasteiger charge is 2.64. The first-order chi connectivity index (χ1) is 6.64. The fourth-order valence-corrected chi connectivity index (χ4v) is 0.742. The van der Waals surface area contributed by atoms with E-state index < -0.39 is 18.0 Å². The van der Waals surface area contributed by atoms with Crippen molar-refractivity contribution in [3.63, 3.8) is 0 Å². The molecule has 15 heavy (non-hydrogen) atoms. The smallest absolute Gasteiger partial charge is 0.339 e. The molecule has 3 nitrogen and oxygen atoms in total. The molecule has 0 fully saturated rings. The SMILES string of the molecule is CNCCN(C)C(=O)C(F)(F)C(F)(F)F. The lowest BCUT2D eigenvalue weighted by Crippen LogP contribution is -2.51. The van der Waals surface area contributed by atoms with Crippen molar-refractivity contribution in [2.24, 2.45) is 0 Å². The molecule has 0 bridgehead atoms. The summed E-state index contributed by atoms with van der Waals surface area (Å²) in [4.78, 5) is 11.1. The molecule has 0 atom stereocenters. The van der Waals surface area contributed by atoms with Crippen molar-refractivity contribution in [3.05, 3.63) is 0 Å². The van der Waals surface area contributed by atoms with Gasteiger partial charge in [0, 0.05) is 20.1 Å². The highest BCUT2D eigenvalue weighted by Crippen LogP contribution is 2.36. The summed E-state index contributed by atoms with van der Waals surface area (Å²) in [6.45, 7) is -0.0861. The molecule has 0 spiro atoms. The van der Waals surface area contributed by atoms with Crippen molar-refractivity contribution in [1.29, 1.82) is 0 Å². The Bertz CT molecular complexity index is 228. The number of hydrogen-bond donors (Lipinski definition) is 1. The third-order valence-corrected chi connectivity index (χ3v) is 1.67. The van der Waals surface area contributed by atoms with Crippen LogP contribution in [0.3, 0.4) is 0 Å². The highest BCUT2D eigenvalue weighted by molar-refractivity contribution is 5.84. The van der Waals surface area contributed by atoms with E-state index in [1.807, 2.05) is 0 Å². The number of hydrogen-bond acceptors (Lipinski definition) is 2. The minimum absolute atomic E-state index is 0.135. The van der Waals surface area contributed by atoms with E-state index in [-0.39, 0.29) is 13.1 Å². The average Bonchev–Trinajstić information content (AvgIpc) is 2.10. The summed E-state index contributed by atoms with van der Waals surface area (Å²) >= 11 is 0. The van der Waals surface area contributed by atoms with Gasteiger partial charge in [-0.3, -0.25) is 4.79 Å². The van der Waals surface area contributed by atoms with Gasteiger partial charge in [0.05, 0.1) is 0 Å². The topological polar surface area (TPSA) is 32.3 Å². The molecule has 8 heteroatoms. The van der Waals surface area contributed by atoms with Gasteiger partial charge in [-0.2, -0.15) is 22.0 Å². The number of halogens is 5. The molecule has 0 aromatic carbocycles. The molecule has 0 saturated heterocycles. The van der Waals surface area contributed by atoms with Crippen LogP contribution in [0.5, 0.6) is 0 Å². The first kappa shape index (κ1) is 14.1. The van der Waals surface area contributed by atoms with Crippen molar-refractivity contribution in [2.75, 3.05) is 27.2 Å². The molecule has 1 amide bonds. The minimum atomic E-state index is -5.85. The van der Waals surface area contributed by atoms with Crippen LogP contribution in [0.1, 0.15) is 0 Å². The average molecular weight is 234 g/mol. The molecule has 0 aliphatic rings. The Morgan fingerprint density at radius 1 is 1.27 bits per heavy atom. The van der Waals surface area contributed by atoms with Gasteiger partial charge in [0.25, 0.3) is 0 Å². The van der Waals surface area contributed by atoms with Gasteiger partial charge in [0.2, 0.25) is 0 Å². The molecule has 0 unspecified atom stereocenters. The Morgan fingerprint density at radius 3 is 2.07 bits per heavy atom. The molecule has 0 aromatic heterocycles. The lowest BCUT2D eigenvalue weighted by molar-refractivity contribution is -0.273. The van der Waals surface area contributed by atoms with E-state index >= 15 is 0 Å². The van der Waals surface area contributed by atoms with Gasteiger partial charge in [0.15, 0.2) is 0 Å². The van der Waals surface area contributed by atoms with E-state index in [0.29, 0.717) is 4.90 Å². The van der Waals surface area contributed by atoms with Crippen LogP contribution in [0.15, 0.2) is 0 Å². The van der Waals surface area contributed by atoms with E-state index in [9.17, 15) is 26.7 Å². The molecule has 0 heterocycles. The first-order valence-corrected chi connectivity index (χ1v) is 3.99. The summed E-state index contributed by atoms with van der Waals surface area (Å²) < 4.78 is 60.2. The fraction of sp³-hybridized carbons (Fsp3) is 0.857.